The van der Waals surface area contributed by atoms with Crippen LogP contribution < -0.4 is 15.0 Å². The Kier molecular flexibility index (Phi) is 6.65. The summed E-state index contributed by atoms with van der Waals surface area (Å²) in [4.78, 5) is 18.7. The van der Waals surface area contributed by atoms with Gasteiger partial charge in [0.1, 0.15) is 11.6 Å². The van der Waals surface area contributed by atoms with E-state index in [0.29, 0.717) is 18.2 Å². The van der Waals surface area contributed by atoms with Gasteiger partial charge in [-0.1, -0.05) is 32.0 Å². The van der Waals surface area contributed by atoms with Crippen molar-refractivity contribution in [1.29, 1.82) is 0 Å². The molecule has 0 radical (unpaired) electrons. The number of carbonyl (C=O) groups excluding carboxylic acids is 1. The number of aromatic nitrogens is 1. The first-order valence-corrected chi connectivity index (χ1v) is 9.39. The standard InChI is InChI=1S/C21H27N3O3/c1-16(2)18-4-6-19(7-5-18)27-15-21(25)23-14-17-3-8-20(22-13-17)24-9-11-26-12-10-24/h3-8,13,16H,9-12,14-15H2,1-2H3,(H,23,25). The summed E-state index contributed by atoms with van der Waals surface area (Å²) in [5.74, 6) is 1.97. The van der Waals surface area contributed by atoms with E-state index in [1.807, 2.05) is 36.4 Å². The number of nitrogens with zero attached hydrogens (tertiary/aromatic N) is 2. The molecule has 1 aromatic heterocycles. The Balaban J connectivity index is 1.42. The zero-order valence-electron chi connectivity index (χ0n) is 16.0. The van der Waals surface area contributed by atoms with Crippen molar-refractivity contribution in [2.24, 2.45) is 0 Å². The number of pyridine rings is 1. The quantitative estimate of drug-likeness (QED) is 0.813. The maximum Gasteiger partial charge on any atom is 0.258 e. The Morgan fingerprint density at radius 2 is 1.93 bits per heavy atom. The lowest BCUT2D eigenvalue weighted by Gasteiger charge is -2.27. The monoisotopic (exact) mass is 369 g/mol. The molecule has 1 N–H and O–H groups in total. The fourth-order valence-electron chi connectivity index (χ4n) is 2.85. The molecular formula is C21H27N3O3. The summed E-state index contributed by atoms with van der Waals surface area (Å²) < 4.78 is 10.9. The van der Waals surface area contributed by atoms with Crippen LogP contribution in [-0.2, 0) is 16.1 Å². The molecule has 0 saturated carbocycles. The largest absolute Gasteiger partial charge is 0.484 e. The van der Waals surface area contributed by atoms with Gasteiger partial charge >= 0.3 is 0 Å². The van der Waals surface area contributed by atoms with E-state index in [1.165, 1.54) is 5.56 Å². The van der Waals surface area contributed by atoms with Crippen LogP contribution in [0, 0.1) is 0 Å². The molecule has 144 valence electrons. The van der Waals surface area contributed by atoms with Crippen molar-refractivity contribution >= 4 is 11.7 Å². The van der Waals surface area contributed by atoms with Gasteiger partial charge in [-0.25, -0.2) is 4.98 Å². The molecule has 0 bridgehead atoms. The number of rotatable bonds is 7. The lowest BCUT2D eigenvalue weighted by Crippen LogP contribution is -2.36. The van der Waals surface area contributed by atoms with Gasteiger partial charge < -0.3 is 19.7 Å². The van der Waals surface area contributed by atoms with E-state index in [9.17, 15) is 4.79 Å². The van der Waals surface area contributed by atoms with E-state index in [0.717, 1.165) is 37.7 Å². The molecule has 0 aliphatic carbocycles. The second kappa shape index (κ2) is 9.37. The minimum absolute atomic E-state index is 0.000313. The molecule has 6 heteroatoms. The first kappa shape index (κ1) is 19.2. The normalized spacial score (nSPS) is 14.3. The van der Waals surface area contributed by atoms with Crippen LogP contribution in [0.3, 0.4) is 0 Å². The van der Waals surface area contributed by atoms with Gasteiger partial charge in [-0.15, -0.1) is 0 Å². The summed E-state index contributed by atoms with van der Waals surface area (Å²) in [6.45, 7) is 7.92. The van der Waals surface area contributed by atoms with Gasteiger partial charge in [0.05, 0.1) is 13.2 Å². The minimum atomic E-state index is -0.153. The molecular weight excluding hydrogens is 342 g/mol. The smallest absolute Gasteiger partial charge is 0.258 e. The maximum atomic E-state index is 12.0. The molecule has 1 fully saturated rings. The minimum Gasteiger partial charge on any atom is -0.484 e. The summed E-state index contributed by atoms with van der Waals surface area (Å²) in [5, 5.41) is 2.86. The molecule has 1 aliphatic heterocycles. The Morgan fingerprint density at radius 1 is 1.19 bits per heavy atom. The van der Waals surface area contributed by atoms with E-state index >= 15 is 0 Å². The number of ether oxygens (including phenoxy) is 2. The lowest BCUT2D eigenvalue weighted by molar-refractivity contribution is -0.123. The molecule has 2 aromatic rings. The van der Waals surface area contributed by atoms with E-state index in [4.69, 9.17) is 9.47 Å². The summed E-state index contributed by atoms with van der Waals surface area (Å²) in [7, 11) is 0. The molecule has 0 atom stereocenters. The van der Waals surface area contributed by atoms with Crippen LogP contribution in [0.1, 0.15) is 30.9 Å². The third kappa shape index (κ3) is 5.69. The molecule has 1 amide bonds. The number of amides is 1. The number of hydrogen-bond acceptors (Lipinski definition) is 5. The van der Waals surface area contributed by atoms with Gasteiger partial charge in [0.25, 0.3) is 5.91 Å². The van der Waals surface area contributed by atoms with Gasteiger partial charge in [0.15, 0.2) is 6.61 Å². The van der Waals surface area contributed by atoms with Crippen LogP contribution in [-0.4, -0.2) is 43.8 Å². The topological polar surface area (TPSA) is 63.7 Å². The fraction of sp³-hybridized carbons (Fsp3) is 0.429. The summed E-state index contributed by atoms with van der Waals surface area (Å²) in [6, 6.07) is 11.8. The van der Waals surface area contributed by atoms with Crippen molar-refractivity contribution in [3.63, 3.8) is 0 Å². The molecule has 0 unspecified atom stereocenters. The maximum absolute atomic E-state index is 12.0. The Hall–Kier alpha value is -2.60. The molecule has 0 spiro atoms. The van der Waals surface area contributed by atoms with Gasteiger partial charge in [-0.05, 0) is 35.2 Å². The Labute approximate surface area is 160 Å². The SMILES string of the molecule is CC(C)c1ccc(OCC(=O)NCc2ccc(N3CCOCC3)nc2)cc1. The Bertz CT molecular complexity index is 723. The van der Waals surface area contributed by atoms with Crippen LogP contribution in [0.5, 0.6) is 5.75 Å². The highest BCUT2D eigenvalue weighted by Gasteiger charge is 2.12. The molecule has 1 aromatic carbocycles. The van der Waals surface area contributed by atoms with E-state index < -0.39 is 0 Å². The number of morpholine rings is 1. The van der Waals surface area contributed by atoms with Crippen LogP contribution in [0.2, 0.25) is 0 Å². The fourth-order valence-corrected chi connectivity index (χ4v) is 2.85. The molecule has 6 nitrogen and oxygen atoms in total. The van der Waals surface area contributed by atoms with Crippen LogP contribution in [0.25, 0.3) is 0 Å². The number of carbonyl (C=O) groups is 1. The van der Waals surface area contributed by atoms with Crippen LogP contribution >= 0.6 is 0 Å². The van der Waals surface area contributed by atoms with Gasteiger partial charge in [-0.3, -0.25) is 4.79 Å². The second-order valence-corrected chi connectivity index (χ2v) is 6.91. The van der Waals surface area contributed by atoms with Crippen molar-refractivity contribution in [2.75, 3.05) is 37.8 Å². The van der Waals surface area contributed by atoms with Crippen molar-refractivity contribution < 1.29 is 14.3 Å². The molecule has 1 saturated heterocycles. The molecule has 27 heavy (non-hydrogen) atoms. The third-order valence-corrected chi connectivity index (χ3v) is 4.55. The predicted octanol–water partition coefficient (Wildman–Crippen LogP) is 2.74. The van der Waals surface area contributed by atoms with Crippen LogP contribution in [0.4, 0.5) is 5.82 Å². The first-order valence-electron chi connectivity index (χ1n) is 9.39. The van der Waals surface area contributed by atoms with Crippen molar-refractivity contribution in [3.05, 3.63) is 53.7 Å². The highest BCUT2D eigenvalue weighted by atomic mass is 16.5. The van der Waals surface area contributed by atoms with Crippen molar-refractivity contribution in [2.45, 2.75) is 26.3 Å². The highest BCUT2D eigenvalue weighted by molar-refractivity contribution is 5.77. The molecule has 2 heterocycles. The lowest BCUT2D eigenvalue weighted by atomic mass is 10.0. The average Bonchev–Trinajstić information content (AvgIpc) is 2.72. The average molecular weight is 369 g/mol. The van der Waals surface area contributed by atoms with E-state index in [2.05, 4.69) is 29.0 Å². The summed E-state index contributed by atoms with van der Waals surface area (Å²) in [6.07, 6.45) is 1.80. The molecule has 3 rings (SSSR count). The van der Waals surface area contributed by atoms with E-state index in [-0.39, 0.29) is 12.5 Å². The highest BCUT2D eigenvalue weighted by Crippen LogP contribution is 2.18. The Morgan fingerprint density at radius 3 is 2.56 bits per heavy atom. The predicted molar refractivity (Wildman–Crippen MR) is 105 cm³/mol. The van der Waals surface area contributed by atoms with Crippen molar-refractivity contribution in [3.8, 4) is 5.75 Å². The van der Waals surface area contributed by atoms with Gasteiger partial charge in [-0.2, -0.15) is 0 Å². The second-order valence-electron chi connectivity index (χ2n) is 6.91. The zero-order valence-corrected chi connectivity index (χ0v) is 16.0. The number of hydrogen-bond donors (Lipinski definition) is 1. The summed E-state index contributed by atoms with van der Waals surface area (Å²) >= 11 is 0. The number of anilines is 1. The van der Waals surface area contributed by atoms with E-state index in [1.54, 1.807) is 6.20 Å². The zero-order chi connectivity index (χ0) is 19.1. The van der Waals surface area contributed by atoms with Gasteiger partial charge in [0.2, 0.25) is 0 Å². The summed E-state index contributed by atoms with van der Waals surface area (Å²) in [5.41, 5.74) is 2.21. The van der Waals surface area contributed by atoms with Crippen LogP contribution in [0.15, 0.2) is 42.6 Å². The number of benzene rings is 1. The van der Waals surface area contributed by atoms with Crippen molar-refractivity contribution in [1.82, 2.24) is 10.3 Å². The molecule has 1 aliphatic rings. The number of nitrogens with one attached hydrogen (secondary N) is 1. The third-order valence-electron chi connectivity index (χ3n) is 4.55. The first-order chi connectivity index (χ1) is 13.1. The van der Waals surface area contributed by atoms with Gasteiger partial charge in [0, 0.05) is 25.8 Å².